The zero-order valence-electron chi connectivity index (χ0n) is 11.8. The van der Waals surface area contributed by atoms with Crippen molar-refractivity contribution in [3.05, 3.63) is 0 Å². The van der Waals surface area contributed by atoms with E-state index in [-0.39, 0.29) is 0 Å². The molecule has 0 spiro atoms. The SMILES string of the molecule is CCCC(C)NCCN(C)C(CC)CSC. The summed E-state index contributed by atoms with van der Waals surface area (Å²) in [5, 5.41) is 3.59. The molecule has 98 valence electrons. The van der Waals surface area contributed by atoms with E-state index in [1.807, 2.05) is 11.8 Å². The predicted octanol–water partition coefficient (Wildman–Crippen LogP) is 2.84. The smallest absolute Gasteiger partial charge is 0.0181 e. The lowest BCUT2D eigenvalue weighted by atomic mass is 10.2. The monoisotopic (exact) mass is 246 g/mol. The van der Waals surface area contributed by atoms with Gasteiger partial charge in [0, 0.05) is 30.9 Å². The van der Waals surface area contributed by atoms with E-state index in [9.17, 15) is 0 Å². The Bertz CT molecular complexity index is 153. The quantitative estimate of drug-likeness (QED) is 0.638. The number of hydrogen-bond acceptors (Lipinski definition) is 3. The lowest BCUT2D eigenvalue weighted by Crippen LogP contribution is -2.40. The van der Waals surface area contributed by atoms with Crippen LogP contribution in [0.2, 0.25) is 0 Å². The van der Waals surface area contributed by atoms with Crippen LogP contribution in [-0.4, -0.2) is 49.1 Å². The van der Waals surface area contributed by atoms with Gasteiger partial charge in [-0.1, -0.05) is 20.3 Å². The molecule has 0 fully saturated rings. The van der Waals surface area contributed by atoms with E-state index in [1.54, 1.807) is 0 Å². The van der Waals surface area contributed by atoms with Gasteiger partial charge in [-0.2, -0.15) is 11.8 Å². The molecule has 0 saturated carbocycles. The Labute approximate surface area is 107 Å². The van der Waals surface area contributed by atoms with E-state index in [0.29, 0.717) is 6.04 Å². The number of likely N-dealkylation sites (N-methyl/N-ethyl adjacent to an activating group) is 1. The summed E-state index contributed by atoms with van der Waals surface area (Å²) in [5.74, 6) is 1.25. The van der Waals surface area contributed by atoms with Gasteiger partial charge in [0.2, 0.25) is 0 Å². The first kappa shape index (κ1) is 16.3. The van der Waals surface area contributed by atoms with E-state index in [0.717, 1.165) is 19.1 Å². The van der Waals surface area contributed by atoms with Gasteiger partial charge in [-0.3, -0.25) is 0 Å². The second-order valence-corrected chi connectivity index (χ2v) is 5.55. The summed E-state index contributed by atoms with van der Waals surface area (Å²) >= 11 is 1.95. The molecule has 0 aromatic carbocycles. The Balaban J connectivity index is 3.65. The number of rotatable bonds is 10. The molecular formula is C13H30N2S. The van der Waals surface area contributed by atoms with Gasteiger partial charge in [0.15, 0.2) is 0 Å². The first-order valence-electron chi connectivity index (χ1n) is 6.58. The van der Waals surface area contributed by atoms with Crippen molar-refractivity contribution in [2.24, 2.45) is 0 Å². The van der Waals surface area contributed by atoms with Crippen molar-refractivity contribution >= 4 is 11.8 Å². The van der Waals surface area contributed by atoms with Crippen LogP contribution in [0.1, 0.15) is 40.0 Å². The van der Waals surface area contributed by atoms with Crippen LogP contribution < -0.4 is 5.32 Å². The molecule has 0 amide bonds. The Morgan fingerprint density at radius 3 is 2.50 bits per heavy atom. The fourth-order valence-electron chi connectivity index (χ4n) is 1.95. The van der Waals surface area contributed by atoms with E-state index in [1.165, 1.54) is 25.0 Å². The van der Waals surface area contributed by atoms with Crippen LogP contribution in [0.15, 0.2) is 0 Å². The third kappa shape index (κ3) is 7.53. The van der Waals surface area contributed by atoms with E-state index < -0.39 is 0 Å². The minimum atomic E-state index is 0.666. The maximum atomic E-state index is 3.59. The van der Waals surface area contributed by atoms with Crippen molar-refractivity contribution in [1.82, 2.24) is 10.2 Å². The molecule has 2 nitrogen and oxygen atoms in total. The number of thioether (sulfide) groups is 1. The fourth-order valence-corrected chi connectivity index (χ4v) is 2.83. The molecule has 0 aliphatic heterocycles. The van der Waals surface area contributed by atoms with Gasteiger partial charge in [0.25, 0.3) is 0 Å². The highest BCUT2D eigenvalue weighted by atomic mass is 32.2. The highest BCUT2D eigenvalue weighted by molar-refractivity contribution is 7.98. The molecule has 0 heterocycles. The average Bonchev–Trinajstić information content (AvgIpc) is 2.26. The van der Waals surface area contributed by atoms with Crippen LogP contribution in [0.4, 0.5) is 0 Å². The molecule has 0 aliphatic carbocycles. The van der Waals surface area contributed by atoms with Crippen LogP contribution in [0.25, 0.3) is 0 Å². The van der Waals surface area contributed by atoms with Crippen LogP contribution in [-0.2, 0) is 0 Å². The predicted molar refractivity (Wildman–Crippen MR) is 77.5 cm³/mol. The zero-order chi connectivity index (χ0) is 12.4. The van der Waals surface area contributed by atoms with Gasteiger partial charge in [0.05, 0.1) is 0 Å². The molecule has 16 heavy (non-hydrogen) atoms. The van der Waals surface area contributed by atoms with E-state index in [4.69, 9.17) is 0 Å². The largest absolute Gasteiger partial charge is 0.313 e. The summed E-state index contributed by atoms with van der Waals surface area (Å²) in [6, 6.07) is 1.40. The first-order valence-corrected chi connectivity index (χ1v) is 7.97. The third-order valence-electron chi connectivity index (χ3n) is 3.13. The minimum Gasteiger partial charge on any atom is -0.313 e. The van der Waals surface area contributed by atoms with Crippen LogP contribution in [0, 0.1) is 0 Å². The third-order valence-corrected chi connectivity index (χ3v) is 3.85. The van der Waals surface area contributed by atoms with Crippen molar-refractivity contribution in [3.63, 3.8) is 0 Å². The van der Waals surface area contributed by atoms with Gasteiger partial charge < -0.3 is 10.2 Å². The molecule has 0 radical (unpaired) electrons. The first-order chi connectivity index (χ1) is 7.65. The molecule has 0 bridgehead atoms. The second kappa shape index (κ2) is 10.4. The number of hydrogen-bond donors (Lipinski definition) is 1. The highest BCUT2D eigenvalue weighted by Crippen LogP contribution is 2.07. The molecule has 2 unspecified atom stereocenters. The average molecular weight is 246 g/mol. The van der Waals surface area contributed by atoms with Crippen LogP contribution in [0.5, 0.6) is 0 Å². The number of nitrogens with zero attached hydrogens (tertiary/aromatic N) is 1. The molecule has 0 aromatic rings. The molecule has 3 heteroatoms. The topological polar surface area (TPSA) is 15.3 Å². The van der Waals surface area contributed by atoms with Crippen molar-refractivity contribution in [2.45, 2.75) is 52.1 Å². The Hall–Kier alpha value is 0.270. The van der Waals surface area contributed by atoms with Gasteiger partial charge in [-0.15, -0.1) is 0 Å². The van der Waals surface area contributed by atoms with Crippen molar-refractivity contribution in [2.75, 3.05) is 32.1 Å². The highest BCUT2D eigenvalue weighted by Gasteiger charge is 2.11. The summed E-state index contributed by atoms with van der Waals surface area (Å²) < 4.78 is 0. The van der Waals surface area contributed by atoms with Gasteiger partial charge in [-0.25, -0.2) is 0 Å². The molecule has 0 aliphatic rings. The lowest BCUT2D eigenvalue weighted by Gasteiger charge is -2.27. The van der Waals surface area contributed by atoms with Crippen LogP contribution >= 0.6 is 11.8 Å². The number of nitrogens with one attached hydrogen (secondary N) is 1. The summed E-state index contributed by atoms with van der Waals surface area (Å²) in [7, 11) is 2.25. The van der Waals surface area contributed by atoms with E-state index in [2.05, 4.69) is 44.3 Å². The maximum Gasteiger partial charge on any atom is 0.0181 e. The van der Waals surface area contributed by atoms with Crippen molar-refractivity contribution in [1.29, 1.82) is 0 Å². The molecular weight excluding hydrogens is 216 g/mol. The summed E-state index contributed by atoms with van der Waals surface area (Å²) in [6.45, 7) is 9.08. The summed E-state index contributed by atoms with van der Waals surface area (Å²) in [4.78, 5) is 2.49. The maximum absolute atomic E-state index is 3.59. The van der Waals surface area contributed by atoms with Crippen LogP contribution in [0.3, 0.4) is 0 Å². The minimum absolute atomic E-state index is 0.666. The standard InChI is InChI=1S/C13H30N2S/c1-6-8-12(3)14-9-10-15(4)13(7-2)11-16-5/h12-14H,6-11H2,1-5H3. The Morgan fingerprint density at radius 2 is 2.00 bits per heavy atom. The van der Waals surface area contributed by atoms with Gasteiger partial charge in [-0.05, 0) is 33.1 Å². The fraction of sp³-hybridized carbons (Fsp3) is 1.00. The summed E-state index contributed by atoms with van der Waals surface area (Å²) in [6.07, 6.45) is 6.00. The molecule has 0 saturated heterocycles. The second-order valence-electron chi connectivity index (χ2n) is 4.64. The Morgan fingerprint density at radius 1 is 1.31 bits per heavy atom. The summed E-state index contributed by atoms with van der Waals surface area (Å²) in [5.41, 5.74) is 0. The van der Waals surface area contributed by atoms with Gasteiger partial charge in [0.1, 0.15) is 0 Å². The van der Waals surface area contributed by atoms with Crippen molar-refractivity contribution < 1.29 is 0 Å². The lowest BCUT2D eigenvalue weighted by molar-refractivity contribution is 0.252. The molecule has 2 atom stereocenters. The molecule has 0 aromatic heterocycles. The molecule has 0 rings (SSSR count). The van der Waals surface area contributed by atoms with E-state index >= 15 is 0 Å². The zero-order valence-corrected chi connectivity index (χ0v) is 12.6. The van der Waals surface area contributed by atoms with Gasteiger partial charge >= 0.3 is 0 Å². The Kier molecular flexibility index (Phi) is 10.6. The normalized spacial score (nSPS) is 15.4. The molecule has 1 N–H and O–H groups in total. The van der Waals surface area contributed by atoms with Crippen molar-refractivity contribution in [3.8, 4) is 0 Å².